The quantitative estimate of drug-likeness (QED) is 0.865. The van der Waals surface area contributed by atoms with E-state index in [1.165, 1.54) is 0 Å². The van der Waals surface area contributed by atoms with Crippen LogP contribution in [0.25, 0.3) is 0 Å². The summed E-state index contributed by atoms with van der Waals surface area (Å²) in [5.74, 6) is 2.55. The number of carbonyl (C=O) groups is 1. The first-order chi connectivity index (χ1) is 11.2. The van der Waals surface area contributed by atoms with Crippen molar-refractivity contribution in [2.24, 2.45) is 0 Å². The molecule has 1 heterocycles. The summed E-state index contributed by atoms with van der Waals surface area (Å²) in [6, 6.07) is 10.7. The van der Waals surface area contributed by atoms with E-state index in [1.54, 1.807) is 45.6 Å². The lowest BCUT2D eigenvalue weighted by molar-refractivity contribution is 0.0846. The van der Waals surface area contributed by atoms with Crippen LogP contribution < -0.4 is 18.9 Å². The average molecular weight is 314 g/mol. The number of Topliss-reactive ketones (excluding diaryl/α,β-unsaturated/α-hetero) is 1. The van der Waals surface area contributed by atoms with E-state index in [-0.39, 0.29) is 18.3 Å². The van der Waals surface area contributed by atoms with Crippen LogP contribution in [0.15, 0.2) is 36.4 Å². The highest BCUT2D eigenvalue weighted by Gasteiger charge is 2.30. The van der Waals surface area contributed by atoms with Crippen molar-refractivity contribution in [2.45, 2.75) is 12.5 Å². The number of carbonyl (C=O) groups excluding carboxylic acids is 1. The lowest BCUT2D eigenvalue weighted by atomic mass is 9.95. The van der Waals surface area contributed by atoms with Crippen molar-refractivity contribution in [1.82, 2.24) is 0 Å². The van der Waals surface area contributed by atoms with Crippen molar-refractivity contribution in [2.75, 3.05) is 21.3 Å². The van der Waals surface area contributed by atoms with Crippen LogP contribution in [0.3, 0.4) is 0 Å². The van der Waals surface area contributed by atoms with Crippen LogP contribution in [0, 0.1) is 0 Å². The van der Waals surface area contributed by atoms with Gasteiger partial charge in [-0.1, -0.05) is 0 Å². The second-order valence-electron chi connectivity index (χ2n) is 5.20. The zero-order valence-corrected chi connectivity index (χ0v) is 13.3. The zero-order valence-electron chi connectivity index (χ0n) is 13.3. The van der Waals surface area contributed by atoms with Crippen molar-refractivity contribution in [3.8, 4) is 23.0 Å². The highest BCUT2D eigenvalue weighted by Crippen LogP contribution is 2.40. The average Bonchev–Trinajstić information content (AvgIpc) is 2.60. The van der Waals surface area contributed by atoms with Crippen LogP contribution in [0.4, 0.5) is 0 Å². The van der Waals surface area contributed by atoms with E-state index >= 15 is 0 Å². The lowest BCUT2D eigenvalue weighted by Crippen LogP contribution is -2.21. The summed E-state index contributed by atoms with van der Waals surface area (Å²) in [6.45, 7) is 0. The van der Waals surface area contributed by atoms with E-state index in [9.17, 15) is 4.79 Å². The zero-order chi connectivity index (χ0) is 16.4. The molecule has 0 radical (unpaired) electrons. The summed E-state index contributed by atoms with van der Waals surface area (Å²) in [4.78, 5) is 12.5. The van der Waals surface area contributed by atoms with Gasteiger partial charge in [0.15, 0.2) is 5.78 Å². The van der Waals surface area contributed by atoms with Crippen LogP contribution in [-0.2, 0) is 0 Å². The number of methoxy groups -OCH3 is 3. The molecule has 0 unspecified atom stereocenters. The molecule has 0 N–H and O–H groups in total. The van der Waals surface area contributed by atoms with Crippen molar-refractivity contribution >= 4 is 5.78 Å². The van der Waals surface area contributed by atoms with Gasteiger partial charge in [0, 0.05) is 11.6 Å². The molecule has 120 valence electrons. The number of ketones is 1. The largest absolute Gasteiger partial charge is 0.497 e. The maximum Gasteiger partial charge on any atom is 0.170 e. The summed E-state index contributed by atoms with van der Waals surface area (Å²) in [5.41, 5.74) is 1.37. The normalized spacial score (nSPS) is 16.3. The predicted molar refractivity (Wildman–Crippen MR) is 84.9 cm³/mol. The van der Waals surface area contributed by atoms with Crippen LogP contribution in [0.1, 0.15) is 28.4 Å². The summed E-state index contributed by atoms with van der Waals surface area (Å²) < 4.78 is 21.8. The molecule has 0 aliphatic carbocycles. The number of ether oxygens (including phenoxy) is 4. The Morgan fingerprint density at radius 3 is 2.35 bits per heavy atom. The molecule has 0 spiro atoms. The third-order valence-corrected chi connectivity index (χ3v) is 3.91. The molecule has 0 saturated carbocycles. The monoisotopic (exact) mass is 314 g/mol. The summed E-state index contributed by atoms with van der Waals surface area (Å²) in [6.07, 6.45) is -0.132. The fourth-order valence-corrected chi connectivity index (χ4v) is 2.69. The third-order valence-electron chi connectivity index (χ3n) is 3.91. The number of hydrogen-bond donors (Lipinski definition) is 0. The predicted octanol–water partition coefficient (Wildman–Crippen LogP) is 3.42. The first-order valence-corrected chi connectivity index (χ1v) is 7.26. The summed E-state index contributed by atoms with van der Waals surface area (Å²) >= 11 is 0. The third kappa shape index (κ3) is 2.82. The maximum absolute atomic E-state index is 12.5. The van der Waals surface area contributed by atoms with E-state index < -0.39 is 0 Å². The first-order valence-electron chi connectivity index (χ1n) is 7.26. The van der Waals surface area contributed by atoms with Gasteiger partial charge in [-0.2, -0.15) is 0 Å². The number of rotatable bonds is 4. The molecule has 0 fully saturated rings. The Morgan fingerprint density at radius 1 is 0.957 bits per heavy atom. The molecule has 1 aliphatic heterocycles. The Balaban J connectivity index is 1.96. The van der Waals surface area contributed by atoms with Gasteiger partial charge in [-0.3, -0.25) is 4.79 Å². The van der Waals surface area contributed by atoms with E-state index in [0.717, 1.165) is 5.56 Å². The molecule has 1 atom stereocenters. The standard InChI is InChI=1S/C18H18O5/c1-20-11-5-7-16-14(8-11)15(19)10-18(23-16)13-6-4-12(21-2)9-17(13)22-3/h4-9,18H,10H2,1-3H3/t18-/m0/s1. The first kappa shape index (κ1) is 15.2. The Labute approximate surface area is 134 Å². The van der Waals surface area contributed by atoms with E-state index in [2.05, 4.69) is 0 Å². The minimum atomic E-state index is -0.385. The molecule has 5 nitrogen and oxygen atoms in total. The van der Waals surface area contributed by atoms with Crippen LogP contribution in [0.5, 0.6) is 23.0 Å². The van der Waals surface area contributed by atoms with Gasteiger partial charge in [0.1, 0.15) is 29.1 Å². The van der Waals surface area contributed by atoms with Crippen LogP contribution >= 0.6 is 0 Å². The van der Waals surface area contributed by atoms with Crippen molar-refractivity contribution in [3.63, 3.8) is 0 Å². The molecule has 3 rings (SSSR count). The fourth-order valence-electron chi connectivity index (χ4n) is 2.69. The molecule has 0 amide bonds. The van der Waals surface area contributed by atoms with Crippen molar-refractivity contribution in [3.05, 3.63) is 47.5 Å². The molecular weight excluding hydrogens is 296 g/mol. The molecule has 2 aromatic rings. The van der Waals surface area contributed by atoms with Crippen molar-refractivity contribution < 1.29 is 23.7 Å². The number of benzene rings is 2. The van der Waals surface area contributed by atoms with Gasteiger partial charge >= 0.3 is 0 Å². The van der Waals surface area contributed by atoms with Gasteiger partial charge in [-0.05, 0) is 30.3 Å². The Bertz CT molecular complexity index is 738. The molecule has 0 aromatic heterocycles. The molecular formula is C18H18O5. The number of fused-ring (bicyclic) bond motifs is 1. The second-order valence-corrected chi connectivity index (χ2v) is 5.20. The number of hydrogen-bond acceptors (Lipinski definition) is 5. The Hall–Kier alpha value is -2.69. The molecule has 23 heavy (non-hydrogen) atoms. The smallest absolute Gasteiger partial charge is 0.170 e. The van der Waals surface area contributed by atoms with Gasteiger partial charge in [-0.15, -0.1) is 0 Å². The van der Waals surface area contributed by atoms with E-state index in [1.807, 2.05) is 12.1 Å². The lowest BCUT2D eigenvalue weighted by Gasteiger charge is -2.27. The van der Waals surface area contributed by atoms with E-state index in [4.69, 9.17) is 18.9 Å². The van der Waals surface area contributed by atoms with Gasteiger partial charge in [0.05, 0.1) is 33.3 Å². The molecule has 0 bridgehead atoms. The summed E-state index contributed by atoms with van der Waals surface area (Å²) in [7, 11) is 4.75. The minimum Gasteiger partial charge on any atom is -0.497 e. The highest BCUT2D eigenvalue weighted by molar-refractivity contribution is 6.00. The molecule has 2 aromatic carbocycles. The fraction of sp³-hybridized carbons (Fsp3) is 0.278. The summed E-state index contributed by atoms with van der Waals surface area (Å²) in [5, 5.41) is 0. The topological polar surface area (TPSA) is 54.0 Å². The SMILES string of the molecule is COc1ccc([C@@H]2CC(=O)c3cc(OC)ccc3O2)c(OC)c1. The minimum absolute atomic E-state index is 0.0213. The molecule has 1 aliphatic rings. The van der Waals surface area contributed by atoms with Gasteiger partial charge in [0.2, 0.25) is 0 Å². The molecule has 0 saturated heterocycles. The Kier molecular flexibility index (Phi) is 4.10. The maximum atomic E-state index is 12.5. The van der Waals surface area contributed by atoms with Crippen LogP contribution in [0.2, 0.25) is 0 Å². The van der Waals surface area contributed by atoms with Gasteiger partial charge < -0.3 is 18.9 Å². The van der Waals surface area contributed by atoms with Gasteiger partial charge in [0.25, 0.3) is 0 Å². The van der Waals surface area contributed by atoms with E-state index in [0.29, 0.717) is 28.6 Å². The van der Waals surface area contributed by atoms with Crippen molar-refractivity contribution in [1.29, 1.82) is 0 Å². The van der Waals surface area contributed by atoms with Crippen LogP contribution in [-0.4, -0.2) is 27.1 Å². The highest BCUT2D eigenvalue weighted by atomic mass is 16.5. The second kappa shape index (κ2) is 6.20. The van der Waals surface area contributed by atoms with Gasteiger partial charge in [-0.25, -0.2) is 0 Å². The Morgan fingerprint density at radius 2 is 1.65 bits per heavy atom. The molecule has 5 heteroatoms.